The molecule has 3 N–H and O–H groups in total. The van der Waals surface area contributed by atoms with Crippen LogP contribution in [0.3, 0.4) is 0 Å². The number of ether oxygens (including phenoxy) is 2. The molecule has 8 nitrogen and oxygen atoms in total. The minimum Gasteiger partial charge on any atom is -0.495 e. The number of anilines is 1. The second-order valence-electron chi connectivity index (χ2n) is 7.79. The van der Waals surface area contributed by atoms with E-state index in [2.05, 4.69) is 10.6 Å². The summed E-state index contributed by atoms with van der Waals surface area (Å²) in [5, 5.41) is 17.1. The summed E-state index contributed by atoms with van der Waals surface area (Å²) in [7, 11) is 1.47. The predicted octanol–water partition coefficient (Wildman–Crippen LogP) is 4.07. The number of amides is 3. The van der Waals surface area contributed by atoms with Crippen molar-refractivity contribution in [1.82, 2.24) is 10.2 Å². The van der Waals surface area contributed by atoms with Crippen LogP contribution in [0.2, 0.25) is 10.0 Å². The number of carbonyl (C=O) groups excluding carboxylic acids is 2. The lowest BCUT2D eigenvalue weighted by Gasteiger charge is -2.37. The zero-order valence-corrected chi connectivity index (χ0v) is 19.9. The Morgan fingerprint density at radius 2 is 2.00 bits per heavy atom. The Morgan fingerprint density at radius 3 is 2.67 bits per heavy atom. The summed E-state index contributed by atoms with van der Waals surface area (Å²) in [6, 6.07) is 10.1. The van der Waals surface area contributed by atoms with Crippen molar-refractivity contribution in [2.24, 2.45) is 0 Å². The van der Waals surface area contributed by atoms with Crippen LogP contribution in [0.4, 0.5) is 10.5 Å². The number of rotatable bonds is 9. The van der Waals surface area contributed by atoms with Crippen LogP contribution in [0.25, 0.3) is 0 Å². The maximum absolute atomic E-state index is 12.5. The summed E-state index contributed by atoms with van der Waals surface area (Å²) in [6.07, 6.45) is 0.184. The lowest BCUT2D eigenvalue weighted by atomic mass is 10.0. The van der Waals surface area contributed by atoms with Crippen LogP contribution in [0.5, 0.6) is 11.5 Å². The summed E-state index contributed by atoms with van der Waals surface area (Å²) in [6.45, 7) is 2.28. The third-order valence-corrected chi connectivity index (χ3v) is 5.81. The van der Waals surface area contributed by atoms with Gasteiger partial charge in [0.25, 0.3) is 0 Å². The highest BCUT2D eigenvalue weighted by molar-refractivity contribution is 6.32. The molecule has 2 aromatic rings. The highest BCUT2D eigenvalue weighted by Crippen LogP contribution is 2.36. The van der Waals surface area contributed by atoms with Crippen LogP contribution >= 0.6 is 23.2 Å². The summed E-state index contributed by atoms with van der Waals surface area (Å²) in [4.78, 5) is 25.7. The van der Waals surface area contributed by atoms with Gasteiger partial charge in [0.2, 0.25) is 5.91 Å². The number of methoxy groups -OCH3 is 1. The SMILES string of the molecule is COc1cc(OCC(O)CC2CCNC(=O)N2Cc2ccc(Cl)cc2)c(NC(C)=O)cc1Cl. The Hall–Kier alpha value is -2.68. The first-order valence-corrected chi connectivity index (χ1v) is 11.3. The zero-order chi connectivity index (χ0) is 24.0. The Balaban J connectivity index is 1.66. The van der Waals surface area contributed by atoms with E-state index in [0.717, 1.165) is 5.56 Å². The molecule has 2 unspecified atom stereocenters. The van der Waals surface area contributed by atoms with Crippen molar-refractivity contribution < 1.29 is 24.2 Å². The number of hydrogen-bond donors (Lipinski definition) is 3. The average molecular weight is 496 g/mol. The van der Waals surface area contributed by atoms with E-state index in [4.69, 9.17) is 32.7 Å². The van der Waals surface area contributed by atoms with Crippen molar-refractivity contribution in [3.05, 3.63) is 52.0 Å². The number of nitrogens with zero attached hydrogens (tertiary/aromatic N) is 1. The largest absolute Gasteiger partial charge is 0.495 e. The molecule has 0 saturated carbocycles. The van der Waals surface area contributed by atoms with Crippen LogP contribution in [0.15, 0.2) is 36.4 Å². The van der Waals surface area contributed by atoms with Crippen LogP contribution in [0.1, 0.15) is 25.3 Å². The molecular formula is C23H27Cl2N3O5. The molecule has 178 valence electrons. The van der Waals surface area contributed by atoms with Crippen molar-refractivity contribution in [1.29, 1.82) is 0 Å². The van der Waals surface area contributed by atoms with E-state index in [-0.39, 0.29) is 24.6 Å². The van der Waals surface area contributed by atoms with Gasteiger partial charge in [-0.2, -0.15) is 0 Å². The van der Waals surface area contributed by atoms with Crippen molar-refractivity contribution >= 4 is 40.8 Å². The van der Waals surface area contributed by atoms with Gasteiger partial charge in [-0.25, -0.2) is 4.79 Å². The van der Waals surface area contributed by atoms with Crippen molar-refractivity contribution in [2.75, 3.05) is 25.6 Å². The number of carbonyl (C=O) groups is 2. The highest BCUT2D eigenvalue weighted by atomic mass is 35.5. The van der Waals surface area contributed by atoms with E-state index >= 15 is 0 Å². The molecular weight excluding hydrogens is 469 g/mol. The molecule has 1 fully saturated rings. The van der Waals surface area contributed by atoms with Gasteiger partial charge in [0.1, 0.15) is 18.1 Å². The minimum absolute atomic E-state index is 0.0374. The third kappa shape index (κ3) is 6.90. The van der Waals surface area contributed by atoms with E-state index in [1.165, 1.54) is 20.1 Å². The highest BCUT2D eigenvalue weighted by Gasteiger charge is 2.30. The van der Waals surface area contributed by atoms with Gasteiger partial charge in [-0.1, -0.05) is 35.3 Å². The van der Waals surface area contributed by atoms with E-state index < -0.39 is 6.10 Å². The quantitative estimate of drug-likeness (QED) is 0.486. The molecule has 0 radical (unpaired) electrons. The Labute approximate surface area is 202 Å². The van der Waals surface area contributed by atoms with Gasteiger partial charge in [0.05, 0.1) is 23.9 Å². The molecule has 10 heteroatoms. The third-order valence-electron chi connectivity index (χ3n) is 5.26. The molecule has 2 aromatic carbocycles. The van der Waals surface area contributed by atoms with Gasteiger partial charge in [0.15, 0.2) is 0 Å². The number of aliphatic hydroxyl groups excluding tert-OH is 1. The van der Waals surface area contributed by atoms with Crippen LogP contribution in [-0.2, 0) is 11.3 Å². The molecule has 1 heterocycles. The van der Waals surface area contributed by atoms with Gasteiger partial charge in [-0.3, -0.25) is 4.79 Å². The molecule has 0 aliphatic carbocycles. The molecule has 2 atom stereocenters. The Kier molecular flexibility index (Phi) is 8.66. The van der Waals surface area contributed by atoms with Crippen LogP contribution in [-0.4, -0.2) is 54.4 Å². The van der Waals surface area contributed by atoms with E-state index in [1.807, 2.05) is 12.1 Å². The number of nitrogens with one attached hydrogen (secondary N) is 2. The van der Waals surface area contributed by atoms with Gasteiger partial charge in [-0.15, -0.1) is 0 Å². The Morgan fingerprint density at radius 1 is 1.27 bits per heavy atom. The van der Waals surface area contributed by atoms with E-state index in [1.54, 1.807) is 23.1 Å². The van der Waals surface area contributed by atoms with Gasteiger partial charge >= 0.3 is 6.03 Å². The first-order valence-electron chi connectivity index (χ1n) is 10.5. The number of hydrogen-bond acceptors (Lipinski definition) is 5. The standard InChI is InChI=1S/C23H27Cl2N3O5/c1-14(29)27-20-10-19(25)21(32-2)11-22(20)33-13-18(30)9-17-7-8-26-23(31)28(17)12-15-3-5-16(24)6-4-15/h3-6,10-11,17-18,30H,7-9,12-13H2,1-2H3,(H,26,31)(H,27,29). The monoisotopic (exact) mass is 495 g/mol. The number of urea groups is 1. The fourth-order valence-electron chi connectivity index (χ4n) is 3.67. The molecule has 3 amide bonds. The molecule has 0 spiro atoms. The van der Waals surface area contributed by atoms with Gasteiger partial charge in [0, 0.05) is 37.1 Å². The summed E-state index contributed by atoms with van der Waals surface area (Å²) in [5.74, 6) is 0.422. The minimum atomic E-state index is -0.847. The first kappa shape index (κ1) is 25.0. The molecule has 1 aliphatic heterocycles. The van der Waals surface area contributed by atoms with Gasteiger partial charge in [-0.05, 0) is 36.6 Å². The van der Waals surface area contributed by atoms with Crippen molar-refractivity contribution in [2.45, 2.75) is 38.5 Å². The van der Waals surface area contributed by atoms with Crippen molar-refractivity contribution in [3.63, 3.8) is 0 Å². The number of halogens is 2. The molecule has 33 heavy (non-hydrogen) atoms. The summed E-state index contributed by atoms with van der Waals surface area (Å²) < 4.78 is 11.0. The first-order chi connectivity index (χ1) is 15.8. The fraction of sp³-hybridized carbons (Fsp3) is 0.391. The molecule has 0 aromatic heterocycles. The van der Waals surface area contributed by atoms with Crippen LogP contribution < -0.4 is 20.1 Å². The lowest BCUT2D eigenvalue weighted by molar-refractivity contribution is -0.114. The Bertz CT molecular complexity index is 987. The van der Waals surface area contributed by atoms with Gasteiger partial charge < -0.3 is 30.1 Å². The maximum atomic E-state index is 12.5. The zero-order valence-electron chi connectivity index (χ0n) is 18.4. The summed E-state index contributed by atoms with van der Waals surface area (Å²) in [5.41, 5.74) is 1.32. The van der Waals surface area contributed by atoms with Crippen LogP contribution in [0, 0.1) is 0 Å². The number of aliphatic hydroxyl groups is 1. The topological polar surface area (TPSA) is 100 Å². The lowest BCUT2D eigenvalue weighted by Crippen LogP contribution is -2.53. The normalized spacial score (nSPS) is 16.7. The molecule has 0 bridgehead atoms. The molecule has 1 aliphatic rings. The van der Waals surface area contributed by atoms with E-state index in [9.17, 15) is 14.7 Å². The smallest absolute Gasteiger partial charge is 0.317 e. The summed E-state index contributed by atoms with van der Waals surface area (Å²) >= 11 is 12.1. The predicted molar refractivity (Wildman–Crippen MR) is 127 cm³/mol. The fourth-order valence-corrected chi connectivity index (χ4v) is 4.03. The second kappa shape index (κ2) is 11.4. The van der Waals surface area contributed by atoms with Crippen molar-refractivity contribution in [3.8, 4) is 11.5 Å². The van der Waals surface area contributed by atoms with E-state index in [0.29, 0.717) is 53.2 Å². The average Bonchev–Trinajstić information content (AvgIpc) is 2.76. The maximum Gasteiger partial charge on any atom is 0.317 e. The molecule has 1 saturated heterocycles. The number of benzene rings is 2. The second-order valence-corrected chi connectivity index (χ2v) is 8.64. The molecule has 3 rings (SSSR count).